The number of nitro benzene ring substituents is 1. The predicted molar refractivity (Wildman–Crippen MR) is 76.2 cm³/mol. The van der Waals surface area contributed by atoms with Gasteiger partial charge in [0.15, 0.2) is 5.75 Å². The largest absolute Gasteiger partial charge is 0.487 e. The van der Waals surface area contributed by atoms with Crippen LogP contribution in [-0.2, 0) is 14.8 Å². The van der Waals surface area contributed by atoms with Crippen LogP contribution in [0.25, 0.3) is 0 Å². The predicted octanol–water partition coefficient (Wildman–Crippen LogP) is 1.06. The lowest BCUT2D eigenvalue weighted by Gasteiger charge is -2.26. The molecule has 1 aromatic carbocycles. The van der Waals surface area contributed by atoms with E-state index < -0.39 is 14.9 Å². The number of benzene rings is 1. The van der Waals surface area contributed by atoms with E-state index in [0.717, 1.165) is 18.9 Å². The monoisotopic (exact) mass is 328 g/mol. The van der Waals surface area contributed by atoms with E-state index in [1.807, 2.05) is 0 Å². The second-order valence-electron chi connectivity index (χ2n) is 5.50. The van der Waals surface area contributed by atoms with Crippen molar-refractivity contribution in [2.75, 3.05) is 19.8 Å². The van der Waals surface area contributed by atoms with Crippen molar-refractivity contribution >= 4 is 15.7 Å². The highest BCUT2D eigenvalue weighted by atomic mass is 32.2. The third kappa shape index (κ3) is 3.37. The lowest BCUT2D eigenvalue weighted by atomic mass is 10.3. The first-order valence-electron chi connectivity index (χ1n) is 6.97. The van der Waals surface area contributed by atoms with E-state index in [4.69, 9.17) is 9.47 Å². The highest BCUT2D eigenvalue weighted by Crippen LogP contribution is 2.34. The van der Waals surface area contributed by atoms with Crippen molar-refractivity contribution in [3.63, 3.8) is 0 Å². The average Bonchev–Trinajstić information content (AvgIpc) is 3.24. The third-order valence-electron chi connectivity index (χ3n) is 3.57. The molecule has 120 valence electrons. The van der Waals surface area contributed by atoms with Crippen molar-refractivity contribution in [3.05, 3.63) is 28.3 Å². The van der Waals surface area contributed by atoms with Crippen LogP contribution < -0.4 is 9.46 Å². The topological polar surface area (TPSA) is 108 Å². The zero-order chi connectivity index (χ0) is 15.7. The number of ether oxygens (including phenoxy) is 2. The number of nitrogens with one attached hydrogen (secondary N) is 1. The van der Waals surface area contributed by atoms with E-state index >= 15 is 0 Å². The van der Waals surface area contributed by atoms with Gasteiger partial charge in [-0.25, -0.2) is 13.1 Å². The van der Waals surface area contributed by atoms with Crippen LogP contribution in [-0.4, -0.2) is 39.2 Å². The first-order valence-corrected chi connectivity index (χ1v) is 8.45. The van der Waals surface area contributed by atoms with Crippen LogP contribution in [0.5, 0.6) is 5.75 Å². The maximum atomic E-state index is 12.2. The quantitative estimate of drug-likeness (QED) is 0.592. The van der Waals surface area contributed by atoms with Crippen molar-refractivity contribution in [1.29, 1.82) is 0 Å². The van der Waals surface area contributed by atoms with E-state index in [1.165, 1.54) is 12.1 Å². The summed E-state index contributed by atoms with van der Waals surface area (Å²) in [6.45, 7) is 1.04. The number of rotatable bonds is 7. The van der Waals surface area contributed by atoms with Gasteiger partial charge in [0.1, 0.15) is 0 Å². The van der Waals surface area contributed by atoms with Gasteiger partial charge < -0.3 is 9.47 Å². The van der Waals surface area contributed by atoms with Gasteiger partial charge in [0.05, 0.1) is 35.7 Å². The molecule has 1 aliphatic carbocycles. The summed E-state index contributed by atoms with van der Waals surface area (Å²) in [5, 5.41) is 11.1. The van der Waals surface area contributed by atoms with Gasteiger partial charge in [0.25, 0.3) is 0 Å². The average molecular weight is 328 g/mol. The molecule has 1 aliphatic heterocycles. The van der Waals surface area contributed by atoms with Gasteiger partial charge in [-0.15, -0.1) is 0 Å². The Kier molecular flexibility index (Phi) is 4.02. The Balaban J connectivity index is 1.81. The van der Waals surface area contributed by atoms with E-state index in [0.29, 0.717) is 25.7 Å². The lowest BCUT2D eigenvalue weighted by Crippen LogP contribution is -2.48. The number of nitrogens with zero attached hydrogens (tertiary/aromatic N) is 1. The maximum absolute atomic E-state index is 12.2. The lowest BCUT2D eigenvalue weighted by molar-refractivity contribution is -0.386. The molecule has 8 nitrogen and oxygen atoms in total. The molecule has 2 fully saturated rings. The van der Waals surface area contributed by atoms with E-state index in [-0.39, 0.29) is 22.4 Å². The molecule has 0 unspecified atom stereocenters. The number of hydrogen-bond acceptors (Lipinski definition) is 6. The molecule has 1 aromatic rings. The van der Waals surface area contributed by atoms with E-state index in [2.05, 4.69) is 4.72 Å². The highest BCUT2D eigenvalue weighted by molar-refractivity contribution is 7.89. The number of sulfonamides is 1. The smallest absolute Gasteiger partial charge is 0.312 e. The van der Waals surface area contributed by atoms with Crippen molar-refractivity contribution in [3.8, 4) is 5.75 Å². The van der Waals surface area contributed by atoms with Crippen LogP contribution >= 0.6 is 0 Å². The second kappa shape index (κ2) is 5.82. The fraction of sp³-hybridized carbons (Fsp3) is 0.538. The van der Waals surface area contributed by atoms with Crippen LogP contribution in [0.15, 0.2) is 23.1 Å². The molecule has 0 amide bonds. The van der Waals surface area contributed by atoms with Crippen LogP contribution in [0, 0.1) is 16.0 Å². The summed E-state index contributed by atoms with van der Waals surface area (Å²) in [6.07, 6.45) is 2.13. The summed E-state index contributed by atoms with van der Waals surface area (Å²) >= 11 is 0. The van der Waals surface area contributed by atoms with Gasteiger partial charge in [-0.3, -0.25) is 10.1 Å². The maximum Gasteiger partial charge on any atom is 0.312 e. The van der Waals surface area contributed by atoms with E-state index in [1.54, 1.807) is 0 Å². The van der Waals surface area contributed by atoms with Gasteiger partial charge in [-0.1, -0.05) is 0 Å². The van der Waals surface area contributed by atoms with Crippen LogP contribution in [0.4, 0.5) is 5.69 Å². The summed E-state index contributed by atoms with van der Waals surface area (Å²) < 4.78 is 37.1. The Morgan fingerprint density at radius 1 is 1.36 bits per heavy atom. The SMILES string of the molecule is O=[N+]([O-])c1cc(S(=O)(=O)NC2COC2)ccc1OCC1CC1. The Hall–Kier alpha value is -1.71. The summed E-state index contributed by atoms with van der Waals surface area (Å²) in [7, 11) is -3.80. The molecule has 1 saturated heterocycles. The van der Waals surface area contributed by atoms with Crippen LogP contribution in [0.1, 0.15) is 12.8 Å². The van der Waals surface area contributed by atoms with Gasteiger partial charge in [0, 0.05) is 6.07 Å². The minimum Gasteiger partial charge on any atom is -0.487 e. The van der Waals surface area contributed by atoms with Crippen molar-refractivity contribution in [1.82, 2.24) is 4.72 Å². The van der Waals surface area contributed by atoms with Gasteiger partial charge >= 0.3 is 5.69 Å². The molecule has 0 atom stereocenters. The van der Waals surface area contributed by atoms with Gasteiger partial charge in [0.2, 0.25) is 10.0 Å². The molecule has 0 spiro atoms. The zero-order valence-electron chi connectivity index (χ0n) is 11.7. The molecular formula is C13H16N2O6S. The molecule has 3 rings (SSSR count). The Morgan fingerprint density at radius 3 is 2.64 bits per heavy atom. The Morgan fingerprint density at radius 2 is 2.09 bits per heavy atom. The molecule has 1 N–H and O–H groups in total. The van der Waals surface area contributed by atoms with E-state index in [9.17, 15) is 18.5 Å². The van der Waals surface area contributed by atoms with Crippen LogP contribution in [0.3, 0.4) is 0 Å². The van der Waals surface area contributed by atoms with Gasteiger partial charge in [-0.2, -0.15) is 0 Å². The summed E-state index contributed by atoms with van der Waals surface area (Å²) in [5.74, 6) is 0.547. The first-order chi connectivity index (χ1) is 10.5. The van der Waals surface area contributed by atoms with Crippen molar-refractivity contribution in [2.45, 2.75) is 23.8 Å². The third-order valence-corrected chi connectivity index (χ3v) is 5.09. The van der Waals surface area contributed by atoms with Crippen molar-refractivity contribution in [2.24, 2.45) is 5.92 Å². The molecular weight excluding hydrogens is 312 g/mol. The number of nitro groups is 1. The Bertz CT molecular complexity index is 682. The standard InChI is InChI=1S/C13H16N2O6S/c16-15(17)12-5-11(22(18,19)14-10-7-20-8-10)3-4-13(12)21-6-9-1-2-9/h3-5,9-10,14H,1-2,6-8H2. The molecule has 0 radical (unpaired) electrons. The fourth-order valence-corrected chi connectivity index (χ4v) is 3.24. The molecule has 1 saturated carbocycles. The minimum absolute atomic E-state index is 0.0998. The fourth-order valence-electron chi connectivity index (χ4n) is 2.01. The summed E-state index contributed by atoms with van der Waals surface area (Å²) in [4.78, 5) is 10.4. The molecule has 0 aromatic heterocycles. The zero-order valence-corrected chi connectivity index (χ0v) is 12.5. The summed E-state index contributed by atoms with van der Waals surface area (Å²) in [5.41, 5.74) is -0.339. The summed E-state index contributed by atoms with van der Waals surface area (Å²) in [6, 6.07) is 3.41. The first kappa shape index (κ1) is 15.2. The van der Waals surface area contributed by atoms with Crippen LogP contribution in [0.2, 0.25) is 0 Å². The normalized spacial score (nSPS) is 18.7. The minimum atomic E-state index is -3.80. The molecule has 0 bridgehead atoms. The number of hydrogen-bond donors (Lipinski definition) is 1. The van der Waals surface area contributed by atoms with Gasteiger partial charge in [-0.05, 0) is 30.9 Å². The molecule has 9 heteroatoms. The molecule has 2 aliphatic rings. The highest BCUT2D eigenvalue weighted by Gasteiger charge is 2.29. The Labute approximate surface area is 127 Å². The molecule has 22 heavy (non-hydrogen) atoms. The second-order valence-corrected chi connectivity index (χ2v) is 7.21. The van der Waals surface area contributed by atoms with Crippen molar-refractivity contribution < 1.29 is 22.8 Å². The molecule has 1 heterocycles.